The Labute approximate surface area is 231 Å². The Morgan fingerprint density at radius 1 is 0.825 bits per heavy atom. The fraction of sp³-hybridized carbons (Fsp3) is 0.286. The van der Waals surface area contributed by atoms with Crippen LogP contribution in [0.1, 0.15) is 55.2 Å². The Kier molecular flexibility index (Phi) is 10.1. The van der Waals surface area contributed by atoms with Crippen LogP contribution in [0.3, 0.4) is 0 Å². The molecule has 210 valence electrons. The van der Waals surface area contributed by atoms with E-state index in [0.717, 1.165) is 11.1 Å². The summed E-state index contributed by atoms with van der Waals surface area (Å²) in [4.78, 5) is 55.5. The van der Waals surface area contributed by atoms with Gasteiger partial charge >= 0.3 is 12.1 Å². The van der Waals surface area contributed by atoms with Gasteiger partial charge in [0.05, 0.1) is 30.2 Å². The highest BCUT2D eigenvalue weighted by molar-refractivity contribution is 6.05. The zero-order valence-corrected chi connectivity index (χ0v) is 22.5. The van der Waals surface area contributed by atoms with Crippen LogP contribution in [0.25, 0.3) is 0 Å². The first-order valence-electron chi connectivity index (χ1n) is 12.5. The lowest BCUT2D eigenvalue weighted by atomic mass is 10.1. The van der Waals surface area contributed by atoms with Crippen LogP contribution in [-0.2, 0) is 27.4 Å². The third-order valence-corrected chi connectivity index (χ3v) is 5.25. The third kappa shape index (κ3) is 10.0. The van der Waals surface area contributed by atoms with Crippen molar-refractivity contribution < 1.29 is 29.0 Å². The van der Waals surface area contributed by atoms with E-state index in [0.29, 0.717) is 30.3 Å². The van der Waals surface area contributed by atoms with Crippen molar-refractivity contribution in [1.29, 1.82) is 0 Å². The molecule has 0 saturated heterocycles. The molecule has 5 N–H and O–H groups in total. The minimum absolute atomic E-state index is 0.0581. The molecule has 3 amide bonds. The summed E-state index contributed by atoms with van der Waals surface area (Å²) in [5.41, 5.74) is 2.02. The van der Waals surface area contributed by atoms with Crippen molar-refractivity contribution in [3.05, 3.63) is 77.7 Å². The number of aliphatic carboxylic acids is 1. The first kappa shape index (κ1) is 29.6. The lowest BCUT2D eigenvalue weighted by Gasteiger charge is -2.20. The number of hydrogen-bond acceptors (Lipinski definition) is 8. The maximum Gasteiger partial charge on any atom is 0.412 e. The summed E-state index contributed by atoms with van der Waals surface area (Å²) >= 11 is 0. The standard InChI is InChI=1S/C28H32N6O6/c1-28(2,3)40-27(39)34-21-7-5-4-6-20(21)33-26(38)22-16-31-23(17-29-22)30-14-18-8-10-19(11-9-18)15-32-24(35)12-13-25(36)37/h4-11,16-17H,12-15H2,1-3H3,(H,30,31)(H,32,35)(H,33,38)(H,34,39)(H,36,37). The Bertz CT molecular complexity index is 1340. The van der Waals surface area contributed by atoms with E-state index in [4.69, 9.17) is 9.84 Å². The maximum absolute atomic E-state index is 12.7. The van der Waals surface area contributed by atoms with E-state index in [1.54, 1.807) is 45.0 Å². The number of carbonyl (C=O) groups excluding carboxylic acids is 3. The van der Waals surface area contributed by atoms with Crippen LogP contribution in [0.4, 0.5) is 22.0 Å². The second-order valence-corrected chi connectivity index (χ2v) is 9.75. The van der Waals surface area contributed by atoms with Gasteiger partial charge in [-0.25, -0.2) is 14.8 Å². The second kappa shape index (κ2) is 13.7. The number of amides is 3. The highest BCUT2D eigenvalue weighted by atomic mass is 16.6. The topological polar surface area (TPSA) is 172 Å². The predicted molar refractivity (Wildman–Crippen MR) is 149 cm³/mol. The zero-order valence-electron chi connectivity index (χ0n) is 22.5. The fourth-order valence-corrected chi connectivity index (χ4v) is 3.31. The molecule has 0 spiro atoms. The van der Waals surface area contributed by atoms with E-state index < -0.39 is 23.6 Å². The number of carboxylic acid groups (broad SMARTS) is 1. The molecule has 1 aromatic heterocycles. The van der Waals surface area contributed by atoms with E-state index in [-0.39, 0.29) is 24.4 Å². The van der Waals surface area contributed by atoms with Crippen molar-refractivity contribution in [2.45, 2.75) is 52.3 Å². The molecule has 0 aliphatic rings. The van der Waals surface area contributed by atoms with E-state index in [1.165, 1.54) is 12.4 Å². The van der Waals surface area contributed by atoms with Crippen molar-refractivity contribution in [2.75, 3.05) is 16.0 Å². The number of nitrogens with zero attached hydrogens (tertiary/aromatic N) is 2. The van der Waals surface area contributed by atoms with E-state index >= 15 is 0 Å². The van der Waals surface area contributed by atoms with Crippen molar-refractivity contribution in [3.8, 4) is 0 Å². The zero-order chi connectivity index (χ0) is 29.1. The molecule has 3 rings (SSSR count). The lowest BCUT2D eigenvalue weighted by molar-refractivity contribution is -0.138. The smallest absolute Gasteiger partial charge is 0.412 e. The number of benzene rings is 2. The maximum atomic E-state index is 12.7. The first-order chi connectivity index (χ1) is 19.0. The van der Waals surface area contributed by atoms with Gasteiger partial charge in [0.25, 0.3) is 5.91 Å². The van der Waals surface area contributed by atoms with Crippen LogP contribution < -0.4 is 21.3 Å². The van der Waals surface area contributed by atoms with Crippen molar-refractivity contribution in [2.24, 2.45) is 0 Å². The Morgan fingerprint density at radius 2 is 1.45 bits per heavy atom. The number of ether oxygens (including phenoxy) is 1. The molecule has 12 heteroatoms. The molecule has 0 atom stereocenters. The summed E-state index contributed by atoms with van der Waals surface area (Å²) in [5, 5.41) is 19.8. The summed E-state index contributed by atoms with van der Waals surface area (Å²) in [6.07, 6.45) is 1.89. The SMILES string of the molecule is CC(C)(C)OC(=O)Nc1ccccc1NC(=O)c1cnc(NCc2ccc(CNC(=O)CCC(=O)O)cc2)cn1. The normalized spacial score (nSPS) is 10.8. The van der Waals surface area contributed by atoms with Crippen molar-refractivity contribution in [3.63, 3.8) is 0 Å². The Hall–Kier alpha value is -5.00. The molecule has 0 aliphatic carbocycles. The van der Waals surface area contributed by atoms with Gasteiger partial charge in [0.2, 0.25) is 5.91 Å². The van der Waals surface area contributed by atoms with Crippen LogP contribution in [0.5, 0.6) is 0 Å². The van der Waals surface area contributed by atoms with Crippen LogP contribution in [0.2, 0.25) is 0 Å². The molecule has 12 nitrogen and oxygen atoms in total. The highest BCUT2D eigenvalue weighted by Crippen LogP contribution is 2.22. The molecule has 0 radical (unpaired) electrons. The van der Waals surface area contributed by atoms with Gasteiger partial charge in [-0.15, -0.1) is 0 Å². The average Bonchev–Trinajstić information content (AvgIpc) is 2.90. The second-order valence-electron chi connectivity index (χ2n) is 9.75. The summed E-state index contributed by atoms with van der Waals surface area (Å²) in [5.74, 6) is -1.35. The quantitative estimate of drug-likeness (QED) is 0.236. The van der Waals surface area contributed by atoms with Gasteiger partial charge in [-0.1, -0.05) is 36.4 Å². The van der Waals surface area contributed by atoms with Gasteiger partial charge < -0.3 is 25.8 Å². The van der Waals surface area contributed by atoms with Crippen molar-refractivity contribution in [1.82, 2.24) is 15.3 Å². The van der Waals surface area contributed by atoms with Gasteiger partial charge in [0.15, 0.2) is 0 Å². The first-order valence-corrected chi connectivity index (χ1v) is 12.5. The Morgan fingerprint density at radius 3 is 2.02 bits per heavy atom. The summed E-state index contributed by atoms with van der Waals surface area (Å²) in [6, 6.07) is 14.2. The van der Waals surface area contributed by atoms with Gasteiger partial charge in [-0.3, -0.25) is 19.7 Å². The molecule has 40 heavy (non-hydrogen) atoms. The monoisotopic (exact) mass is 548 g/mol. The van der Waals surface area contributed by atoms with Gasteiger partial charge in [-0.05, 0) is 44.0 Å². The molecule has 3 aromatic rings. The van der Waals surface area contributed by atoms with E-state index in [9.17, 15) is 19.2 Å². The lowest BCUT2D eigenvalue weighted by Crippen LogP contribution is -2.27. The molecular formula is C28H32N6O6. The minimum Gasteiger partial charge on any atom is -0.481 e. The average molecular weight is 549 g/mol. The third-order valence-electron chi connectivity index (χ3n) is 5.25. The summed E-state index contributed by atoms with van der Waals surface area (Å²) in [6.45, 7) is 6.03. The number of aromatic nitrogens is 2. The number of anilines is 3. The molecule has 2 aromatic carbocycles. The number of nitrogens with one attached hydrogen (secondary N) is 4. The molecule has 1 heterocycles. The number of hydrogen-bond donors (Lipinski definition) is 5. The van der Waals surface area contributed by atoms with Gasteiger partial charge in [-0.2, -0.15) is 0 Å². The van der Waals surface area contributed by atoms with Crippen LogP contribution in [0, 0.1) is 0 Å². The fourth-order valence-electron chi connectivity index (χ4n) is 3.31. The van der Waals surface area contributed by atoms with E-state index in [1.807, 2.05) is 24.3 Å². The minimum atomic E-state index is -1.01. The number of carboxylic acids is 1. The molecular weight excluding hydrogens is 516 g/mol. The molecule has 0 bridgehead atoms. The molecule has 0 fully saturated rings. The Balaban J connectivity index is 1.50. The molecule has 0 aliphatic heterocycles. The van der Waals surface area contributed by atoms with Crippen molar-refractivity contribution >= 4 is 41.1 Å². The number of para-hydroxylation sites is 2. The summed E-state index contributed by atoms with van der Waals surface area (Å²) < 4.78 is 5.27. The summed E-state index contributed by atoms with van der Waals surface area (Å²) in [7, 11) is 0. The highest BCUT2D eigenvalue weighted by Gasteiger charge is 2.18. The number of carbonyl (C=O) groups is 4. The molecule has 0 unspecified atom stereocenters. The van der Waals surface area contributed by atoms with Crippen LogP contribution in [0.15, 0.2) is 60.9 Å². The van der Waals surface area contributed by atoms with Crippen LogP contribution >= 0.6 is 0 Å². The largest absolute Gasteiger partial charge is 0.481 e. The van der Waals surface area contributed by atoms with Gasteiger partial charge in [0, 0.05) is 19.5 Å². The molecule has 0 saturated carbocycles. The predicted octanol–water partition coefficient (Wildman–Crippen LogP) is 4.17. The van der Waals surface area contributed by atoms with E-state index in [2.05, 4.69) is 31.2 Å². The van der Waals surface area contributed by atoms with Crippen LogP contribution in [-0.4, -0.2) is 44.6 Å². The number of rotatable bonds is 11. The van der Waals surface area contributed by atoms with Gasteiger partial charge in [0.1, 0.15) is 17.1 Å².